The Morgan fingerprint density at radius 3 is 2.70 bits per heavy atom. The van der Waals surface area contributed by atoms with E-state index in [1.807, 2.05) is 12.1 Å². The molecule has 0 nitrogen and oxygen atoms in total. The van der Waals surface area contributed by atoms with Crippen molar-refractivity contribution < 1.29 is 0 Å². The van der Waals surface area contributed by atoms with Crippen molar-refractivity contribution in [2.24, 2.45) is 0 Å². The van der Waals surface area contributed by atoms with E-state index in [2.05, 4.69) is 44.8 Å². The van der Waals surface area contributed by atoms with Gasteiger partial charge in [-0.3, -0.25) is 0 Å². The molecule has 0 spiro atoms. The molecular weight excluding hydrogens is 256 g/mol. The van der Waals surface area contributed by atoms with Gasteiger partial charge >= 0.3 is 0 Å². The zero-order chi connectivity index (χ0) is 7.56. The summed E-state index contributed by atoms with van der Waals surface area (Å²) in [5.74, 6) is 0. The van der Waals surface area contributed by atoms with E-state index in [0.717, 1.165) is 5.33 Å². The number of halogens is 2. The van der Waals surface area contributed by atoms with Crippen molar-refractivity contribution in [2.45, 2.75) is 12.3 Å². The summed E-state index contributed by atoms with van der Waals surface area (Å²) in [6, 6.07) is 7.01. The van der Waals surface area contributed by atoms with Crippen LogP contribution >= 0.6 is 31.9 Å². The molecule has 1 aromatic rings. The molecule has 0 N–H and O–H groups in total. The Morgan fingerprint density at radius 1 is 1.50 bits per heavy atom. The minimum Gasteiger partial charge on any atom is -0.0876 e. The van der Waals surface area contributed by atoms with Gasteiger partial charge in [0.15, 0.2) is 0 Å². The van der Waals surface area contributed by atoms with E-state index >= 15 is 0 Å². The summed E-state index contributed by atoms with van der Waals surface area (Å²) in [4.78, 5) is 0. The second kappa shape index (κ2) is 3.54. The van der Waals surface area contributed by atoms with Crippen LogP contribution < -0.4 is 0 Å². The van der Waals surface area contributed by atoms with E-state index < -0.39 is 0 Å². The second-order valence-electron chi connectivity index (χ2n) is 2.11. The molecule has 0 saturated heterocycles. The first kappa shape index (κ1) is 8.28. The highest BCUT2D eigenvalue weighted by molar-refractivity contribution is 9.10. The number of alkyl halides is 1. The summed E-state index contributed by atoms with van der Waals surface area (Å²) in [6.07, 6.45) is 0. The maximum absolute atomic E-state index is 3.49. The van der Waals surface area contributed by atoms with Gasteiger partial charge in [-0.15, -0.1) is 0 Å². The summed E-state index contributed by atoms with van der Waals surface area (Å²) in [6.45, 7) is 2.06. The quantitative estimate of drug-likeness (QED) is 0.680. The van der Waals surface area contributed by atoms with E-state index in [1.54, 1.807) is 0 Å². The second-order valence-corrected chi connectivity index (χ2v) is 3.46. The van der Waals surface area contributed by atoms with Crippen molar-refractivity contribution in [3.63, 3.8) is 0 Å². The van der Waals surface area contributed by atoms with Crippen LogP contribution in [-0.2, 0) is 5.33 Å². The summed E-state index contributed by atoms with van der Waals surface area (Å²) < 4.78 is 1.18. The van der Waals surface area contributed by atoms with Crippen molar-refractivity contribution in [1.82, 2.24) is 0 Å². The van der Waals surface area contributed by atoms with Gasteiger partial charge in [-0.25, -0.2) is 0 Å². The lowest BCUT2D eigenvalue weighted by molar-refractivity contribution is 1.32. The lowest BCUT2D eigenvalue weighted by atomic mass is 10.2. The van der Waals surface area contributed by atoms with Gasteiger partial charge in [-0.05, 0) is 30.2 Å². The molecule has 0 aliphatic heterocycles. The van der Waals surface area contributed by atoms with Crippen LogP contribution in [0.2, 0.25) is 0 Å². The molecule has 0 amide bonds. The Kier molecular flexibility index (Phi) is 2.93. The first-order valence-electron chi connectivity index (χ1n) is 2.96. The van der Waals surface area contributed by atoms with Crippen molar-refractivity contribution >= 4 is 31.9 Å². The highest BCUT2D eigenvalue weighted by atomic mass is 79.9. The zero-order valence-electron chi connectivity index (χ0n) is 5.62. The topological polar surface area (TPSA) is 0 Å². The summed E-state index contributed by atoms with van der Waals surface area (Å²) in [7, 11) is 0. The fourth-order valence-electron chi connectivity index (χ4n) is 0.744. The van der Waals surface area contributed by atoms with Crippen molar-refractivity contribution in [3.05, 3.63) is 33.8 Å². The first-order chi connectivity index (χ1) is 4.75. The molecule has 1 radical (unpaired) electrons. The molecule has 0 fully saturated rings. The number of aryl methyl sites for hydroxylation is 1. The monoisotopic (exact) mass is 261 g/mol. The number of hydrogen-bond acceptors (Lipinski definition) is 0. The molecule has 2 heteroatoms. The van der Waals surface area contributed by atoms with E-state index in [0.29, 0.717) is 0 Å². The van der Waals surface area contributed by atoms with E-state index in [1.165, 1.54) is 15.6 Å². The molecule has 0 bridgehead atoms. The summed E-state index contributed by atoms with van der Waals surface area (Å²) in [5.41, 5.74) is 2.48. The fourth-order valence-corrected chi connectivity index (χ4v) is 1.93. The molecule has 53 valence electrons. The van der Waals surface area contributed by atoms with Crippen LogP contribution in [0.15, 0.2) is 16.6 Å². The Balaban J connectivity index is 3.14. The normalized spacial score (nSPS) is 9.90. The predicted molar refractivity (Wildman–Crippen MR) is 50.3 cm³/mol. The van der Waals surface area contributed by atoms with Crippen molar-refractivity contribution in [2.75, 3.05) is 0 Å². The Morgan fingerprint density at radius 2 is 2.20 bits per heavy atom. The third-order valence-electron chi connectivity index (χ3n) is 1.33. The number of benzene rings is 1. The SMILES string of the molecule is Cc1c[c]cc(CBr)c1Br. The van der Waals surface area contributed by atoms with Crippen LogP contribution in [0.5, 0.6) is 0 Å². The molecule has 10 heavy (non-hydrogen) atoms. The average molecular weight is 263 g/mol. The van der Waals surface area contributed by atoms with E-state index in [4.69, 9.17) is 0 Å². The highest BCUT2D eigenvalue weighted by Crippen LogP contribution is 2.22. The largest absolute Gasteiger partial charge is 0.0876 e. The van der Waals surface area contributed by atoms with Gasteiger partial charge in [0.1, 0.15) is 0 Å². The molecule has 0 saturated carbocycles. The smallest absolute Gasteiger partial charge is 0.0294 e. The lowest BCUT2D eigenvalue weighted by Gasteiger charge is -2.01. The predicted octanol–water partition coefficient (Wildman–Crippen LogP) is 3.45. The van der Waals surface area contributed by atoms with E-state index in [9.17, 15) is 0 Å². The van der Waals surface area contributed by atoms with Crippen LogP contribution in [0.25, 0.3) is 0 Å². The zero-order valence-corrected chi connectivity index (χ0v) is 8.79. The molecule has 0 unspecified atom stereocenters. The van der Waals surface area contributed by atoms with Gasteiger partial charge < -0.3 is 0 Å². The number of hydrogen-bond donors (Lipinski definition) is 0. The average Bonchev–Trinajstić information content (AvgIpc) is 1.95. The fraction of sp³-hybridized carbons (Fsp3) is 0.250. The van der Waals surface area contributed by atoms with Gasteiger partial charge in [0.25, 0.3) is 0 Å². The van der Waals surface area contributed by atoms with Crippen LogP contribution in [0, 0.1) is 13.0 Å². The minimum absolute atomic E-state index is 0.881. The van der Waals surface area contributed by atoms with Crippen molar-refractivity contribution in [1.29, 1.82) is 0 Å². The van der Waals surface area contributed by atoms with Gasteiger partial charge in [0.05, 0.1) is 0 Å². The molecule has 0 aliphatic carbocycles. The molecule has 0 aromatic heterocycles. The van der Waals surface area contributed by atoms with Gasteiger partial charge in [-0.2, -0.15) is 0 Å². The maximum atomic E-state index is 3.49. The van der Waals surface area contributed by atoms with Gasteiger partial charge in [0, 0.05) is 9.80 Å². The molecule has 1 rings (SSSR count). The van der Waals surface area contributed by atoms with E-state index in [-0.39, 0.29) is 0 Å². The standard InChI is InChI=1S/C8H7Br2/c1-6-3-2-4-7(5-9)8(6)10/h3-4H,5H2,1H3. The van der Waals surface area contributed by atoms with Gasteiger partial charge in [0.2, 0.25) is 0 Å². The Bertz CT molecular complexity index is 231. The van der Waals surface area contributed by atoms with Crippen LogP contribution in [0.1, 0.15) is 11.1 Å². The van der Waals surface area contributed by atoms with Crippen LogP contribution in [0.4, 0.5) is 0 Å². The van der Waals surface area contributed by atoms with Crippen LogP contribution in [-0.4, -0.2) is 0 Å². The van der Waals surface area contributed by atoms with Crippen molar-refractivity contribution in [3.8, 4) is 0 Å². The number of rotatable bonds is 1. The minimum atomic E-state index is 0.881. The third-order valence-corrected chi connectivity index (χ3v) is 3.07. The summed E-state index contributed by atoms with van der Waals surface area (Å²) in [5, 5.41) is 0.881. The molecule has 1 aromatic carbocycles. The Hall–Kier alpha value is 0.180. The lowest BCUT2D eigenvalue weighted by Crippen LogP contribution is -1.82. The summed E-state index contributed by atoms with van der Waals surface area (Å²) >= 11 is 6.88. The molecule has 0 heterocycles. The highest BCUT2D eigenvalue weighted by Gasteiger charge is 1.98. The molecule has 0 aliphatic rings. The Labute approximate surface area is 77.9 Å². The van der Waals surface area contributed by atoms with Crippen LogP contribution in [0.3, 0.4) is 0 Å². The maximum Gasteiger partial charge on any atom is 0.0294 e. The molecular formula is C8H7Br2. The van der Waals surface area contributed by atoms with Gasteiger partial charge in [-0.1, -0.05) is 37.9 Å². The molecule has 0 atom stereocenters. The third kappa shape index (κ3) is 1.61. The first-order valence-corrected chi connectivity index (χ1v) is 4.88.